The van der Waals surface area contributed by atoms with Crippen molar-refractivity contribution in [2.75, 3.05) is 0 Å². The molecule has 117 valence electrons. The van der Waals surface area contributed by atoms with E-state index in [1.165, 1.54) is 16.8 Å². The van der Waals surface area contributed by atoms with Crippen LogP contribution in [0.1, 0.15) is 36.1 Å². The van der Waals surface area contributed by atoms with E-state index in [4.69, 9.17) is 20.1 Å². The van der Waals surface area contributed by atoms with Crippen molar-refractivity contribution < 1.29 is 13.4 Å². The zero-order valence-corrected chi connectivity index (χ0v) is 15.4. The Bertz CT molecular complexity index is 558. The Morgan fingerprint density at radius 1 is 1.09 bits per heavy atom. The normalized spacial score (nSPS) is 14.1. The van der Waals surface area contributed by atoms with Gasteiger partial charge in [0, 0.05) is 17.8 Å². The van der Waals surface area contributed by atoms with E-state index >= 15 is 0 Å². The Labute approximate surface area is 148 Å². The minimum atomic E-state index is -0.181. The molecule has 1 aromatic carbocycles. The van der Waals surface area contributed by atoms with E-state index in [0.29, 0.717) is 5.92 Å². The molecule has 0 saturated heterocycles. The Balaban J connectivity index is 0.000000435. The second-order valence-corrected chi connectivity index (χ2v) is 6.62. The fourth-order valence-electron chi connectivity index (χ4n) is 2.42. The van der Waals surface area contributed by atoms with Gasteiger partial charge in [-0.05, 0) is 36.1 Å². The van der Waals surface area contributed by atoms with Crippen molar-refractivity contribution in [1.82, 2.24) is 4.98 Å². The second-order valence-electron chi connectivity index (χ2n) is 4.51. The number of halogens is 2. The van der Waals surface area contributed by atoms with Gasteiger partial charge in [0.15, 0.2) is 0 Å². The SMILES string of the molecule is C1=CC(CCc2ccccn2)c2ccccc21.[CH2-]C.[Cl][Cr+][Cl]. The van der Waals surface area contributed by atoms with Crippen molar-refractivity contribution in [3.63, 3.8) is 0 Å². The second kappa shape index (κ2) is 11.7. The molecule has 1 heterocycles. The number of hydrogen-bond donors (Lipinski definition) is 0. The van der Waals surface area contributed by atoms with Crippen molar-refractivity contribution in [1.29, 1.82) is 0 Å². The van der Waals surface area contributed by atoms with Crippen LogP contribution >= 0.6 is 20.1 Å². The van der Waals surface area contributed by atoms with E-state index in [9.17, 15) is 0 Å². The van der Waals surface area contributed by atoms with E-state index < -0.39 is 0 Å². The molecule has 1 aromatic heterocycles. The third-order valence-electron chi connectivity index (χ3n) is 3.34. The molecule has 3 rings (SSSR count). The number of aryl methyl sites for hydroxylation is 1. The molecule has 4 heteroatoms. The van der Waals surface area contributed by atoms with E-state index in [1.807, 2.05) is 12.3 Å². The third kappa shape index (κ3) is 6.15. The summed E-state index contributed by atoms with van der Waals surface area (Å²) in [5, 5.41) is 0. The molecule has 0 fully saturated rings. The zero-order valence-electron chi connectivity index (χ0n) is 12.6. The number of nitrogens with zero attached hydrogens (tertiary/aromatic N) is 1. The Morgan fingerprint density at radius 3 is 2.45 bits per heavy atom. The number of fused-ring (bicyclic) bond motifs is 1. The number of hydrogen-bond acceptors (Lipinski definition) is 1. The van der Waals surface area contributed by atoms with Gasteiger partial charge < -0.3 is 6.92 Å². The monoisotopic (exact) mass is 372 g/mol. The molecule has 1 atom stereocenters. The number of rotatable bonds is 3. The van der Waals surface area contributed by atoms with Crippen LogP contribution in [0.5, 0.6) is 0 Å². The molecule has 0 bridgehead atoms. The number of allylic oxidation sites excluding steroid dienone is 1. The fourth-order valence-corrected chi connectivity index (χ4v) is 2.42. The Kier molecular flexibility index (Phi) is 10.3. The van der Waals surface area contributed by atoms with Gasteiger partial charge in [-0.3, -0.25) is 4.98 Å². The molecule has 1 nitrogen and oxygen atoms in total. The molecule has 0 radical (unpaired) electrons. The molecular formula is C18H20Cl2CrN. The van der Waals surface area contributed by atoms with Crippen molar-refractivity contribution in [3.05, 3.63) is 78.5 Å². The van der Waals surface area contributed by atoms with Gasteiger partial charge in [0.1, 0.15) is 0 Å². The topological polar surface area (TPSA) is 12.9 Å². The van der Waals surface area contributed by atoms with Crippen LogP contribution in [0.15, 0.2) is 54.7 Å². The summed E-state index contributed by atoms with van der Waals surface area (Å²) in [6.07, 6.45) is 8.61. The summed E-state index contributed by atoms with van der Waals surface area (Å²) in [5.74, 6) is 0.563. The summed E-state index contributed by atoms with van der Waals surface area (Å²) in [5.41, 5.74) is 4.02. The first-order chi connectivity index (χ1) is 10.8. The summed E-state index contributed by atoms with van der Waals surface area (Å²) in [7, 11) is 9.65. The van der Waals surface area contributed by atoms with Crippen molar-refractivity contribution in [2.24, 2.45) is 0 Å². The van der Waals surface area contributed by atoms with Crippen LogP contribution < -0.4 is 0 Å². The number of pyridine rings is 1. The van der Waals surface area contributed by atoms with Crippen LogP contribution in [-0.4, -0.2) is 4.98 Å². The standard InChI is InChI=1S/C16H15N.C2H5.2ClH.Cr/c1-2-7-16-13(5-1)8-9-14(16)10-11-15-6-3-4-12-17-15;1-2;;;/h1-9,12,14H,10-11H2;1H2,2H3;2*1H;/q;-1;;;+3/p-2. The average molecular weight is 373 g/mol. The molecule has 22 heavy (non-hydrogen) atoms. The predicted octanol–water partition coefficient (Wildman–Crippen LogP) is 6.04. The van der Waals surface area contributed by atoms with Crippen LogP contribution in [0.4, 0.5) is 0 Å². The quantitative estimate of drug-likeness (QED) is 0.598. The molecule has 1 unspecified atom stereocenters. The molecule has 0 aliphatic heterocycles. The molecule has 0 spiro atoms. The summed E-state index contributed by atoms with van der Waals surface area (Å²) < 4.78 is 0. The number of benzene rings is 1. The molecule has 0 amide bonds. The molecule has 2 aromatic rings. The van der Waals surface area contributed by atoms with Crippen LogP contribution in [0.3, 0.4) is 0 Å². The van der Waals surface area contributed by atoms with E-state index in [2.05, 4.69) is 60.5 Å². The minimum absolute atomic E-state index is 0.181. The Morgan fingerprint density at radius 2 is 1.77 bits per heavy atom. The summed E-state index contributed by atoms with van der Waals surface area (Å²) in [4.78, 5) is 4.37. The van der Waals surface area contributed by atoms with E-state index in [1.54, 1.807) is 6.92 Å². The zero-order chi connectivity index (χ0) is 16.2. The van der Waals surface area contributed by atoms with Crippen LogP contribution in [0.25, 0.3) is 6.08 Å². The van der Waals surface area contributed by atoms with Gasteiger partial charge >= 0.3 is 33.5 Å². The summed E-state index contributed by atoms with van der Waals surface area (Å²) >= 11 is -0.181. The molecule has 1 aliphatic rings. The van der Waals surface area contributed by atoms with Gasteiger partial charge in [-0.25, -0.2) is 0 Å². The van der Waals surface area contributed by atoms with Gasteiger partial charge in [-0.1, -0.05) is 42.5 Å². The van der Waals surface area contributed by atoms with Gasteiger partial charge in [-0.15, -0.1) is 0 Å². The van der Waals surface area contributed by atoms with Crippen molar-refractivity contribution in [2.45, 2.75) is 25.7 Å². The van der Waals surface area contributed by atoms with E-state index in [0.717, 1.165) is 12.8 Å². The molecule has 1 aliphatic carbocycles. The van der Waals surface area contributed by atoms with Gasteiger partial charge in [0.25, 0.3) is 0 Å². The first-order valence-corrected chi connectivity index (χ1v) is 10.6. The van der Waals surface area contributed by atoms with Crippen molar-refractivity contribution in [3.8, 4) is 0 Å². The third-order valence-corrected chi connectivity index (χ3v) is 3.34. The first-order valence-electron chi connectivity index (χ1n) is 7.12. The predicted molar refractivity (Wildman–Crippen MR) is 93.5 cm³/mol. The molecular weight excluding hydrogens is 353 g/mol. The molecule has 0 saturated carbocycles. The summed E-state index contributed by atoms with van der Waals surface area (Å²) in [6.45, 7) is 5.00. The van der Waals surface area contributed by atoms with Gasteiger partial charge in [0.2, 0.25) is 0 Å². The van der Waals surface area contributed by atoms with E-state index in [-0.39, 0.29) is 13.4 Å². The maximum atomic E-state index is 4.83. The first kappa shape index (κ1) is 19.3. The fraction of sp³-hybridized carbons (Fsp3) is 0.222. The summed E-state index contributed by atoms with van der Waals surface area (Å²) in [6, 6.07) is 14.8. The maximum absolute atomic E-state index is 4.83. The molecule has 0 N–H and O–H groups in total. The van der Waals surface area contributed by atoms with Crippen molar-refractivity contribution >= 4 is 26.2 Å². The van der Waals surface area contributed by atoms with Crippen LogP contribution in [0, 0.1) is 6.92 Å². The van der Waals surface area contributed by atoms with Gasteiger partial charge in [-0.2, -0.15) is 6.92 Å². The Hall–Kier alpha value is -0.778. The number of aromatic nitrogens is 1. The van der Waals surface area contributed by atoms with Crippen LogP contribution in [-0.2, 0) is 19.8 Å². The average Bonchev–Trinajstić information content (AvgIpc) is 3.00. The van der Waals surface area contributed by atoms with Gasteiger partial charge in [0.05, 0.1) is 0 Å². The van der Waals surface area contributed by atoms with Crippen LogP contribution in [0.2, 0.25) is 0 Å².